The number of Topliss-reactive ketones (excluding diaryl/α,β-unsaturated/α-hetero) is 1. The van der Waals surface area contributed by atoms with E-state index in [0.717, 1.165) is 28.3 Å². The second-order valence-electron chi connectivity index (χ2n) is 4.76. The van der Waals surface area contributed by atoms with Crippen LogP contribution in [0.5, 0.6) is 0 Å². The molecule has 3 rings (SSSR count). The first-order chi connectivity index (χ1) is 9.26. The van der Waals surface area contributed by atoms with Gasteiger partial charge >= 0.3 is 0 Å². The summed E-state index contributed by atoms with van der Waals surface area (Å²) >= 11 is 0. The van der Waals surface area contributed by atoms with Crippen LogP contribution in [0, 0.1) is 0 Å². The Kier molecular flexibility index (Phi) is 2.91. The zero-order chi connectivity index (χ0) is 13.4. The number of ketones is 1. The van der Waals surface area contributed by atoms with Gasteiger partial charge in [0.2, 0.25) is 5.78 Å². The summed E-state index contributed by atoms with van der Waals surface area (Å²) in [6.07, 6.45) is 0.722. The molecular formula is C16H15NO2. The van der Waals surface area contributed by atoms with Gasteiger partial charge in [0.1, 0.15) is 5.71 Å². The van der Waals surface area contributed by atoms with Crippen LogP contribution in [0.3, 0.4) is 0 Å². The highest BCUT2D eigenvalue weighted by molar-refractivity contribution is 6.59. The lowest BCUT2D eigenvalue weighted by Crippen LogP contribution is -2.16. The smallest absolute Gasteiger partial charge is 0.212 e. The monoisotopic (exact) mass is 253 g/mol. The number of hydrogen-bond acceptors (Lipinski definition) is 3. The van der Waals surface area contributed by atoms with Gasteiger partial charge < -0.3 is 5.11 Å². The SMILES string of the molecule is CCC(CO)/N=C1\C(=O)c2cccc3cccc1c23. The molecule has 0 radical (unpaired) electrons. The van der Waals surface area contributed by atoms with Crippen molar-refractivity contribution in [1.82, 2.24) is 0 Å². The Morgan fingerprint density at radius 1 is 1.16 bits per heavy atom. The second-order valence-corrected chi connectivity index (χ2v) is 4.76. The number of carbonyl (C=O) groups excluding carboxylic acids is 1. The Bertz CT molecular complexity index is 679. The van der Waals surface area contributed by atoms with Gasteiger partial charge in [-0.3, -0.25) is 9.79 Å². The number of rotatable bonds is 3. The van der Waals surface area contributed by atoms with Crippen molar-refractivity contribution < 1.29 is 9.90 Å². The minimum atomic E-state index is -0.205. The lowest BCUT2D eigenvalue weighted by atomic mass is 10.1. The van der Waals surface area contributed by atoms with Gasteiger partial charge in [0, 0.05) is 16.5 Å². The second kappa shape index (κ2) is 4.59. The van der Waals surface area contributed by atoms with Gasteiger partial charge in [-0.15, -0.1) is 0 Å². The van der Waals surface area contributed by atoms with Crippen LogP contribution in [0.2, 0.25) is 0 Å². The van der Waals surface area contributed by atoms with Gasteiger partial charge in [-0.25, -0.2) is 0 Å². The zero-order valence-corrected chi connectivity index (χ0v) is 10.8. The van der Waals surface area contributed by atoms with Crippen molar-refractivity contribution in [1.29, 1.82) is 0 Å². The molecule has 19 heavy (non-hydrogen) atoms. The van der Waals surface area contributed by atoms with E-state index in [0.29, 0.717) is 5.71 Å². The first-order valence-electron chi connectivity index (χ1n) is 6.51. The summed E-state index contributed by atoms with van der Waals surface area (Å²) in [5, 5.41) is 11.3. The molecular weight excluding hydrogens is 238 g/mol. The minimum absolute atomic E-state index is 0.0282. The van der Waals surface area contributed by atoms with Crippen LogP contribution < -0.4 is 0 Å². The largest absolute Gasteiger partial charge is 0.394 e. The first-order valence-corrected chi connectivity index (χ1v) is 6.51. The summed E-state index contributed by atoms with van der Waals surface area (Å²) in [5.74, 6) is -0.0290. The van der Waals surface area contributed by atoms with E-state index in [1.165, 1.54) is 0 Å². The van der Waals surface area contributed by atoms with Crippen LogP contribution >= 0.6 is 0 Å². The normalized spacial score (nSPS) is 17.4. The molecule has 1 aliphatic carbocycles. The van der Waals surface area contributed by atoms with E-state index in [2.05, 4.69) is 4.99 Å². The Hall–Kier alpha value is -2.00. The third-order valence-corrected chi connectivity index (χ3v) is 3.61. The van der Waals surface area contributed by atoms with Crippen LogP contribution in [-0.4, -0.2) is 29.3 Å². The zero-order valence-electron chi connectivity index (χ0n) is 10.8. The Labute approximate surface area is 111 Å². The molecule has 1 N–H and O–H groups in total. The molecule has 0 fully saturated rings. The van der Waals surface area contributed by atoms with E-state index < -0.39 is 0 Å². The molecule has 0 bridgehead atoms. The molecule has 0 aromatic heterocycles. The van der Waals surface area contributed by atoms with E-state index in [-0.39, 0.29) is 18.4 Å². The Balaban J connectivity index is 2.23. The Morgan fingerprint density at radius 2 is 1.84 bits per heavy atom. The minimum Gasteiger partial charge on any atom is -0.394 e. The summed E-state index contributed by atoms with van der Waals surface area (Å²) in [6.45, 7) is 1.93. The van der Waals surface area contributed by atoms with Crippen LogP contribution in [0.4, 0.5) is 0 Å². The fraction of sp³-hybridized carbons (Fsp3) is 0.250. The summed E-state index contributed by atoms with van der Waals surface area (Å²) < 4.78 is 0. The van der Waals surface area contributed by atoms with Crippen molar-refractivity contribution in [3.8, 4) is 0 Å². The molecule has 1 unspecified atom stereocenters. The van der Waals surface area contributed by atoms with Crippen molar-refractivity contribution in [2.24, 2.45) is 4.99 Å². The Morgan fingerprint density at radius 3 is 2.47 bits per heavy atom. The van der Waals surface area contributed by atoms with E-state index in [1.54, 1.807) is 0 Å². The summed E-state index contributed by atoms with van der Waals surface area (Å²) in [6, 6.07) is 11.4. The van der Waals surface area contributed by atoms with Crippen LogP contribution in [0.15, 0.2) is 41.4 Å². The highest BCUT2D eigenvalue weighted by Crippen LogP contribution is 2.31. The number of carbonyl (C=O) groups is 1. The van der Waals surface area contributed by atoms with Gasteiger partial charge in [0.15, 0.2) is 0 Å². The molecule has 1 atom stereocenters. The molecule has 0 saturated carbocycles. The average molecular weight is 253 g/mol. The average Bonchev–Trinajstić information content (AvgIpc) is 2.72. The van der Waals surface area contributed by atoms with Gasteiger partial charge in [-0.05, 0) is 11.8 Å². The maximum absolute atomic E-state index is 12.4. The van der Waals surface area contributed by atoms with Crippen molar-refractivity contribution >= 4 is 22.3 Å². The molecule has 3 heteroatoms. The number of benzene rings is 2. The van der Waals surface area contributed by atoms with E-state index >= 15 is 0 Å². The maximum atomic E-state index is 12.4. The van der Waals surface area contributed by atoms with Crippen molar-refractivity contribution in [2.45, 2.75) is 19.4 Å². The molecule has 0 spiro atoms. The molecule has 3 nitrogen and oxygen atoms in total. The lowest BCUT2D eigenvalue weighted by Gasteiger charge is -2.07. The quantitative estimate of drug-likeness (QED) is 0.914. The predicted molar refractivity (Wildman–Crippen MR) is 76.0 cm³/mol. The molecule has 2 aromatic carbocycles. The van der Waals surface area contributed by atoms with E-state index in [9.17, 15) is 9.90 Å². The third-order valence-electron chi connectivity index (χ3n) is 3.61. The van der Waals surface area contributed by atoms with Crippen molar-refractivity contribution in [3.05, 3.63) is 47.5 Å². The highest BCUT2D eigenvalue weighted by Gasteiger charge is 2.28. The third kappa shape index (κ3) is 1.78. The number of hydrogen-bond donors (Lipinski definition) is 1. The highest BCUT2D eigenvalue weighted by atomic mass is 16.3. The summed E-state index contributed by atoms with van der Waals surface area (Å²) in [7, 11) is 0. The van der Waals surface area contributed by atoms with Crippen molar-refractivity contribution in [3.63, 3.8) is 0 Å². The first kappa shape index (κ1) is 12.1. The fourth-order valence-corrected chi connectivity index (χ4v) is 2.55. The molecule has 1 aliphatic rings. The fourth-order valence-electron chi connectivity index (χ4n) is 2.55. The molecule has 0 heterocycles. The number of nitrogens with zero attached hydrogens (tertiary/aromatic N) is 1. The number of aliphatic imine (C=N–C) groups is 1. The maximum Gasteiger partial charge on any atom is 0.212 e. The molecule has 0 saturated heterocycles. The van der Waals surface area contributed by atoms with E-state index in [1.807, 2.05) is 43.3 Å². The summed E-state index contributed by atoms with van der Waals surface area (Å²) in [5.41, 5.74) is 2.11. The molecule has 96 valence electrons. The van der Waals surface area contributed by atoms with Crippen molar-refractivity contribution in [2.75, 3.05) is 6.61 Å². The molecule has 2 aromatic rings. The van der Waals surface area contributed by atoms with E-state index in [4.69, 9.17) is 0 Å². The molecule has 0 aliphatic heterocycles. The number of aliphatic hydroxyl groups excluding tert-OH is 1. The standard InChI is InChI=1S/C16H15NO2/c1-2-11(9-18)17-15-12-7-3-5-10-6-4-8-13(14(10)12)16(15)19/h3-8,11,18H,2,9H2,1H3/b17-15-. The van der Waals surface area contributed by atoms with Gasteiger partial charge in [-0.2, -0.15) is 0 Å². The summed E-state index contributed by atoms with van der Waals surface area (Å²) in [4.78, 5) is 16.9. The van der Waals surface area contributed by atoms with Gasteiger partial charge in [0.05, 0.1) is 12.6 Å². The van der Waals surface area contributed by atoms with Gasteiger partial charge in [0.25, 0.3) is 0 Å². The van der Waals surface area contributed by atoms with Gasteiger partial charge in [-0.1, -0.05) is 43.3 Å². The predicted octanol–water partition coefficient (Wildman–Crippen LogP) is 2.60. The lowest BCUT2D eigenvalue weighted by molar-refractivity contribution is 0.106. The van der Waals surface area contributed by atoms with Crippen LogP contribution in [0.1, 0.15) is 29.3 Å². The molecule has 0 amide bonds. The van der Waals surface area contributed by atoms with Crippen LogP contribution in [-0.2, 0) is 0 Å². The topological polar surface area (TPSA) is 49.7 Å². The number of aliphatic hydroxyl groups is 1. The van der Waals surface area contributed by atoms with Crippen LogP contribution in [0.25, 0.3) is 10.8 Å².